The Labute approximate surface area is 516 Å². The third-order valence-corrected chi connectivity index (χ3v) is 17.0. The van der Waals surface area contributed by atoms with E-state index >= 15 is 4.79 Å². The van der Waals surface area contributed by atoms with Crippen molar-refractivity contribution in [2.24, 2.45) is 5.16 Å². The number of aromatic nitrogens is 4. The van der Waals surface area contributed by atoms with Crippen LogP contribution in [0.4, 0.5) is 10.9 Å². The fraction of sp³-hybridized carbons (Fsp3) is 0.119. The van der Waals surface area contributed by atoms with Gasteiger partial charge in [-0.05, 0) is 46.0 Å². The van der Waals surface area contributed by atoms with E-state index in [1.165, 1.54) is 28.0 Å². The van der Waals surface area contributed by atoms with Crippen molar-refractivity contribution in [3.05, 3.63) is 304 Å². The summed E-state index contributed by atoms with van der Waals surface area (Å²) in [4.78, 5) is 58.5. The maximum Gasteiger partial charge on any atom is 0.355 e. The maximum atomic E-state index is 15.5. The summed E-state index contributed by atoms with van der Waals surface area (Å²) in [6.07, 6.45) is 7.27. The number of rotatable bonds is 20. The van der Waals surface area contributed by atoms with Gasteiger partial charge in [-0.25, -0.2) is 14.3 Å². The summed E-state index contributed by atoms with van der Waals surface area (Å²) in [6.45, 7) is 0.339. The molecule has 2 amide bonds. The number of nitrogens with zero attached hydrogens (tertiary/aromatic N) is 6. The molecule has 0 aliphatic carbocycles. The van der Waals surface area contributed by atoms with E-state index in [9.17, 15) is 9.59 Å². The number of hydrogen-bond donors (Lipinski definition) is 3. The number of benzene rings is 7. The van der Waals surface area contributed by atoms with Crippen molar-refractivity contribution in [2.45, 2.75) is 35.7 Å². The molecule has 1 fully saturated rings. The highest BCUT2D eigenvalue weighted by Gasteiger charge is 2.55. The second kappa shape index (κ2) is 25.6. The molecule has 2 aliphatic rings. The van der Waals surface area contributed by atoms with Gasteiger partial charge in [0.25, 0.3) is 11.8 Å². The number of thiazole rings is 1. The lowest BCUT2D eigenvalue weighted by atomic mass is 9.77. The fourth-order valence-electron chi connectivity index (χ4n) is 10.8. The highest BCUT2D eigenvalue weighted by molar-refractivity contribution is 8.00. The Morgan fingerprint density at radius 3 is 1.82 bits per heavy atom. The lowest BCUT2D eigenvalue weighted by Gasteiger charge is -2.49. The number of thioether (sulfide) groups is 1. The van der Waals surface area contributed by atoms with E-state index in [4.69, 9.17) is 30.2 Å². The van der Waals surface area contributed by atoms with Gasteiger partial charge in [-0.3, -0.25) is 14.5 Å². The van der Waals surface area contributed by atoms with Crippen molar-refractivity contribution >= 4 is 63.2 Å². The number of oxime groups is 1. The predicted molar refractivity (Wildman–Crippen MR) is 326 cm³/mol. The van der Waals surface area contributed by atoms with Crippen LogP contribution in [0.1, 0.15) is 44.6 Å². The Bertz CT molecular complexity index is 3870. The summed E-state index contributed by atoms with van der Waals surface area (Å²) in [6, 6.07) is 69.3. The monoisotopic (exact) mass is 1270 g/mol. The molecule has 7 aromatic carbocycles. The number of esters is 1. The molecule has 0 radical (unpaired) electrons. The Balaban J connectivity index is 0.00000752. The van der Waals surface area contributed by atoms with Crippen LogP contribution in [0.3, 0.4) is 0 Å². The van der Waals surface area contributed by atoms with Crippen molar-refractivity contribution in [3.8, 4) is 5.75 Å². The van der Waals surface area contributed by atoms with Gasteiger partial charge in [0.2, 0.25) is 11.4 Å². The van der Waals surface area contributed by atoms with Gasteiger partial charge in [0.15, 0.2) is 10.8 Å². The molecule has 2 aliphatic heterocycles. The van der Waals surface area contributed by atoms with Gasteiger partial charge >= 0.3 is 11.6 Å². The van der Waals surface area contributed by atoms with E-state index in [0.717, 1.165) is 44.6 Å². The lowest BCUT2D eigenvalue weighted by molar-refractivity contribution is -0.664. The van der Waals surface area contributed by atoms with Gasteiger partial charge < -0.3 is 54.7 Å². The van der Waals surface area contributed by atoms with Crippen LogP contribution in [-0.2, 0) is 48.2 Å². The largest absolute Gasteiger partial charge is 1.00 e. The number of ether oxygens (including phenoxy) is 2. The third-order valence-electron chi connectivity index (χ3n) is 14.9. The van der Waals surface area contributed by atoms with Crippen molar-refractivity contribution in [2.75, 3.05) is 23.9 Å². The van der Waals surface area contributed by atoms with Crippen molar-refractivity contribution < 1.29 is 57.2 Å². The zero-order valence-electron chi connectivity index (χ0n) is 45.9. The van der Waals surface area contributed by atoms with Gasteiger partial charge in [0.05, 0.1) is 25.6 Å². The molecule has 12 rings (SSSR count). The fourth-order valence-corrected chi connectivity index (χ4v) is 12.8. The first kappa shape index (κ1) is 57.4. The Morgan fingerprint density at radius 1 is 0.741 bits per heavy atom. The number of β-lactam (4-membered cyclic amide) rings is 1. The molecule has 10 aromatic rings. The van der Waals surface area contributed by atoms with Gasteiger partial charge in [-0.1, -0.05) is 215 Å². The molecule has 18 heteroatoms. The van der Waals surface area contributed by atoms with Crippen LogP contribution in [0.15, 0.2) is 265 Å². The molecular weight excluding hydrogens is 1220 g/mol. The molecule has 4 N–H and O–H groups in total. The van der Waals surface area contributed by atoms with Crippen molar-refractivity contribution in [1.29, 1.82) is 0 Å². The number of methoxy groups -OCH3 is 1. The average Bonchev–Trinajstić information content (AvgIpc) is 1.89. The van der Waals surface area contributed by atoms with Gasteiger partial charge in [0, 0.05) is 33.9 Å². The molecule has 5 heterocycles. The van der Waals surface area contributed by atoms with E-state index in [-0.39, 0.29) is 47.7 Å². The zero-order valence-corrected chi connectivity index (χ0v) is 49.6. The number of halogens is 1. The molecular formula is C67H56IN9O6S2. The molecule has 1 saturated heterocycles. The summed E-state index contributed by atoms with van der Waals surface area (Å²) in [5.41, 5.74) is 11.1. The summed E-state index contributed by atoms with van der Waals surface area (Å²) in [5, 5.41) is 17.6. The second-order valence-corrected chi connectivity index (χ2v) is 21.8. The normalized spacial score (nSPS) is 15.1. The number of fused-ring (bicyclic) bond motifs is 2. The van der Waals surface area contributed by atoms with E-state index in [1.807, 2.05) is 187 Å². The van der Waals surface area contributed by atoms with E-state index in [1.54, 1.807) is 41.4 Å². The van der Waals surface area contributed by atoms with Crippen LogP contribution in [0, 0.1) is 0 Å². The molecule has 85 heavy (non-hydrogen) atoms. The molecule has 0 spiro atoms. The average molecular weight is 1270 g/mol. The minimum absolute atomic E-state index is 0. The topological polar surface area (TPSA) is 179 Å². The highest BCUT2D eigenvalue weighted by Crippen LogP contribution is 2.44. The summed E-state index contributed by atoms with van der Waals surface area (Å²) in [7, 11) is 1.58. The van der Waals surface area contributed by atoms with Crippen molar-refractivity contribution in [1.82, 2.24) is 24.8 Å². The van der Waals surface area contributed by atoms with E-state index in [2.05, 4.69) is 52.1 Å². The number of anilines is 2. The quantitative estimate of drug-likeness (QED) is 0.0131. The number of carbonyl (C=O) groups is 3. The SMILES string of the molecule is COc1ccc(COC(=O)C2=C(C=CC[n+]3ccc(N)n4nccc43)CS[C@H]3[C@H](NC(=O)C(=NOC(c4ccccc4)(c4ccccc4)c4ccccc4)c4csc(NC(c5ccccc5)(c5ccccc5)c5ccccc5)n4)C(=O)N23)cc1.[I-]. The molecule has 0 bridgehead atoms. The van der Waals surface area contributed by atoms with E-state index in [0.29, 0.717) is 34.6 Å². The molecule has 2 atom stereocenters. The second-order valence-electron chi connectivity index (χ2n) is 19.9. The molecule has 3 aromatic heterocycles. The molecule has 424 valence electrons. The van der Waals surface area contributed by atoms with Gasteiger partial charge in [0.1, 0.15) is 47.2 Å². The van der Waals surface area contributed by atoms with Crippen LogP contribution < -0.4 is 49.6 Å². The number of nitrogens with two attached hydrogens (primary N) is 1. The van der Waals surface area contributed by atoms with Crippen molar-refractivity contribution in [3.63, 3.8) is 0 Å². The first-order chi connectivity index (χ1) is 41.2. The Morgan fingerprint density at radius 2 is 1.28 bits per heavy atom. The predicted octanol–water partition coefficient (Wildman–Crippen LogP) is 7.44. The van der Waals surface area contributed by atoms with Gasteiger partial charge in [-0.2, -0.15) is 0 Å². The first-order valence-electron chi connectivity index (χ1n) is 27.2. The van der Waals surface area contributed by atoms with Crippen LogP contribution in [0.5, 0.6) is 5.75 Å². The number of hydrogen-bond acceptors (Lipinski definition) is 13. The standard InChI is InChI=1S/C67H55N9O6S2.HI/c1-80-54-36-34-46(35-37-54)43-81-64(79)60-47(21-20-41-74-42-39-56(68)76-57(74)38-40-69-76)44-83-63-59(62(78)75(60)63)71-61(77)58(73-82-67(51-28-14-5-15-29-51,52-30-16-6-17-31-52)53-32-18-7-19-33-53)55-45-84-65(70-55)72-66(48-22-8-2-9-23-48,49-24-10-3-11-25-49)50-26-12-4-13-27-50;/h2-40,42,45,59,63,68H,41,43-44H2,1H3,(H2,70,71,72,77);1H/t59-,63+;/m1./s1. The first-order valence-corrected chi connectivity index (χ1v) is 29.1. The van der Waals surface area contributed by atoms with Crippen LogP contribution in [0.25, 0.3) is 5.65 Å². The number of carbonyl (C=O) groups excluding carboxylic acids is 3. The lowest BCUT2D eigenvalue weighted by Crippen LogP contribution is -3.00. The Hall–Kier alpha value is -9.37. The maximum absolute atomic E-state index is 15.5. The summed E-state index contributed by atoms with van der Waals surface area (Å²) in [5.74, 6) is -0.475. The van der Waals surface area contributed by atoms with Crippen LogP contribution in [-0.4, -0.2) is 67.3 Å². The van der Waals surface area contributed by atoms with Gasteiger partial charge in [-0.15, -0.1) is 23.1 Å². The third kappa shape index (κ3) is 11.4. The number of allylic oxidation sites excluding steroid dienone is 2. The molecule has 0 saturated carbocycles. The number of amides is 2. The number of nitrogens with one attached hydrogen (secondary N) is 2. The van der Waals surface area contributed by atoms with Crippen LogP contribution >= 0.6 is 23.1 Å². The van der Waals surface area contributed by atoms with Crippen LogP contribution in [0.2, 0.25) is 0 Å². The molecule has 0 unspecified atom stereocenters. The summed E-state index contributed by atoms with van der Waals surface area (Å²) < 4.78 is 14.9. The minimum Gasteiger partial charge on any atom is -1.00 e. The number of nitrogen functional groups attached to an aromatic ring is 1. The Kier molecular flexibility index (Phi) is 17.3. The summed E-state index contributed by atoms with van der Waals surface area (Å²) >= 11 is 2.72. The smallest absolute Gasteiger partial charge is 0.355 e. The minimum atomic E-state index is -1.38. The molecule has 15 nitrogen and oxygen atoms in total. The highest BCUT2D eigenvalue weighted by atomic mass is 127. The zero-order chi connectivity index (χ0) is 57.5. The van der Waals surface area contributed by atoms with E-state index < -0.39 is 40.3 Å².